The minimum absolute atomic E-state index is 0.270. The highest BCUT2D eigenvalue weighted by molar-refractivity contribution is 5.93. The van der Waals surface area contributed by atoms with E-state index in [4.69, 9.17) is 0 Å². The molecule has 0 aliphatic carbocycles. The van der Waals surface area contributed by atoms with Crippen LogP contribution in [0.15, 0.2) is 67.1 Å². The summed E-state index contributed by atoms with van der Waals surface area (Å²) < 4.78 is 0. The fourth-order valence-corrected chi connectivity index (χ4v) is 2.84. The molecule has 3 heterocycles. The number of carbonyl (C=O) groups excluding carboxylic acids is 1. The highest BCUT2D eigenvalue weighted by atomic mass is 16.1. The molecule has 0 aliphatic heterocycles. The van der Waals surface area contributed by atoms with Gasteiger partial charge in [-0.05, 0) is 36.8 Å². The molecule has 4 aromatic rings. The number of nitrogens with one attached hydrogen (secondary N) is 2. The van der Waals surface area contributed by atoms with Crippen molar-refractivity contribution in [1.29, 1.82) is 0 Å². The van der Waals surface area contributed by atoms with Crippen LogP contribution >= 0.6 is 0 Å². The number of hydrogen-bond donors (Lipinski definition) is 2. The predicted octanol–water partition coefficient (Wildman–Crippen LogP) is 3.40. The van der Waals surface area contributed by atoms with Gasteiger partial charge in [-0.25, -0.2) is 9.97 Å². The number of fused-ring (bicyclic) bond motifs is 1. The van der Waals surface area contributed by atoms with E-state index in [0.717, 1.165) is 22.2 Å². The van der Waals surface area contributed by atoms with Crippen LogP contribution in [0.2, 0.25) is 0 Å². The monoisotopic (exact) mass is 370 g/mol. The third-order valence-corrected chi connectivity index (χ3v) is 4.14. The van der Waals surface area contributed by atoms with Crippen molar-refractivity contribution in [3.8, 4) is 0 Å². The first-order valence-electron chi connectivity index (χ1n) is 8.82. The van der Waals surface area contributed by atoms with Gasteiger partial charge in [0, 0.05) is 36.2 Å². The van der Waals surface area contributed by atoms with Crippen molar-refractivity contribution in [1.82, 2.24) is 25.3 Å². The average molecular weight is 370 g/mol. The number of amides is 1. The highest BCUT2D eigenvalue weighted by Crippen LogP contribution is 2.23. The lowest BCUT2D eigenvalue weighted by atomic mass is 10.2. The number of hydrogen-bond acceptors (Lipinski definition) is 6. The molecule has 138 valence electrons. The van der Waals surface area contributed by atoms with Crippen molar-refractivity contribution in [2.45, 2.75) is 13.5 Å². The number of rotatable bonds is 5. The standard InChI is InChI=1S/C21H18N6O/c1-14-11-18(20(28)24-13-15-5-3-9-22-12-15)27-21(25-14)26-17-8-2-6-16-7-4-10-23-19(16)17/h2-12H,13H2,1H3,(H,24,28)(H,25,26,27). The molecule has 0 fully saturated rings. The molecule has 7 heteroatoms. The number of aryl methyl sites for hydroxylation is 1. The van der Waals surface area contributed by atoms with Crippen molar-refractivity contribution < 1.29 is 4.79 Å². The molecule has 2 N–H and O–H groups in total. The van der Waals surface area contributed by atoms with E-state index in [1.807, 2.05) is 49.4 Å². The smallest absolute Gasteiger partial charge is 0.270 e. The van der Waals surface area contributed by atoms with E-state index in [1.54, 1.807) is 24.7 Å². The van der Waals surface area contributed by atoms with Gasteiger partial charge < -0.3 is 10.6 Å². The van der Waals surface area contributed by atoms with E-state index < -0.39 is 0 Å². The maximum Gasteiger partial charge on any atom is 0.270 e. The van der Waals surface area contributed by atoms with Crippen LogP contribution < -0.4 is 10.6 Å². The Bertz CT molecular complexity index is 1120. The van der Waals surface area contributed by atoms with Crippen LogP contribution in [0, 0.1) is 6.92 Å². The van der Waals surface area contributed by atoms with E-state index in [2.05, 4.69) is 30.6 Å². The second-order valence-electron chi connectivity index (χ2n) is 6.27. The molecule has 4 rings (SSSR count). The summed E-state index contributed by atoms with van der Waals surface area (Å²) in [4.78, 5) is 29.8. The zero-order valence-electron chi connectivity index (χ0n) is 15.3. The van der Waals surface area contributed by atoms with Gasteiger partial charge >= 0.3 is 0 Å². The second-order valence-corrected chi connectivity index (χ2v) is 6.27. The zero-order valence-corrected chi connectivity index (χ0v) is 15.3. The molecule has 0 atom stereocenters. The van der Waals surface area contributed by atoms with Crippen LogP contribution in [0.25, 0.3) is 10.9 Å². The van der Waals surface area contributed by atoms with E-state index in [1.165, 1.54) is 0 Å². The third-order valence-electron chi connectivity index (χ3n) is 4.14. The highest BCUT2D eigenvalue weighted by Gasteiger charge is 2.12. The molecule has 0 spiro atoms. The number of para-hydroxylation sites is 1. The SMILES string of the molecule is Cc1cc(C(=O)NCc2cccnc2)nc(Nc2cccc3cccnc23)n1. The third kappa shape index (κ3) is 3.93. The molecule has 3 aromatic heterocycles. The number of pyridine rings is 2. The Morgan fingerprint density at radius 3 is 2.75 bits per heavy atom. The van der Waals surface area contributed by atoms with Gasteiger partial charge in [0.25, 0.3) is 5.91 Å². The summed E-state index contributed by atoms with van der Waals surface area (Å²) in [5, 5.41) is 7.04. The van der Waals surface area contributed by atoms with Crippen LogP contribution in [-0.4, -0.2) is 25.8 Å². The lowest BCUT2D eigenvalue weighted by molar-refractivity contribution is 0.0945. The molecule has 0 saturated heterocycles. The van der Waals surface area contributed by atoms with Gasteiger partial charge in [0.15, 0.2) is 0 Å². The van der Waals surface area contributed by atoms with Gasteiger partial charge in [-0.15, -0.1) is 0 Å². The van der Waals surface area contributed by atoms with Crippen LogP contribution in [0.5, 0.6) is 0 Å². The van der Waals surface area contributed by atoms with Gasteiger partial charge in [-0.2, -0.15) is 0 Å². The first-order chi connectivity index (χ1) is 13.7. The van der Waals surface area contributed by atoms with Crippen LogP contribution in [0.1, 0.15) is 21.7 Å². The quantitative estimate of drug-likeness (QED) is 0.559. The van der Waals surface area contributed by atoms with Crippen LogP contribution in [0.4, 0.5) is 11.6 Å². The Hall–Kier alpha value is -3.87. The van der Waals surface area contributed by atoms with Crippen molar-refractivity contribution >= 4 is 28.4 Å². The lowest BCUT2D eigenvalue weighted by Gasteiger charge is -2.10. The molecule has 0 aliphatic rings. The summed E-state index contributed by atoms with van der Waals surface area (Å²) >= 11 is 0. The van der Waals surface area contributed by atoms with E-state index in [0.29, 0.717) is 23.9 Å². The molecular weight excluding hydrogens is 352 g/mol. The van der Waals surface area contributed by atoms with Crippen LogP contribution in [0.3, 0.4) is 0 Å². The largest absolute Gasteiger partial charge is 0.347 e. The fourth-order valence-electron chi connectivity index (χ4n) is 2.84. The Morgan fingerprint density at radius 1 is 1.04 bits per heavy atom. The fraction of sp³-hybridized carbons (Fsp3) is 0.0952. The van der Waals surface area contributed by atoms with Crippen molar-refractivity contribution in [3.63, 3.8) is 0 Å². The number of carbonyl (C=O) groups is 1. The van der Waals surface area contributed by atoms with Crippen molar-refractivity contribution in [2.75, 3.05) is 5.32 Å². The van der Waals surface area contributed by atoms with Crippen molar-refractivity contribution in [3.05, 3.63) is 84.1 Å². The molecule has 1 amide bonds. The molecule has 0 unspecified atom stereocenters. The number of anilines is 2. The Balaban J connectivity index is 1.56. The summed E-state index contributed by atoms with van der Waals surface area (Å²) in [6.07, 6.45) is 5.15. The Kier molecular flexibility index (Phi) is 4.88. The predicted molar refractivity (Wildman–Crippen MR) is 107 cm³/mol. The lowest BCUT2D eigenvalue weighted by Crippen LogP contribution is -2.24. The summed E-state index contributed by atoms with van der Waals surface area (Å²) in [6.45, 7) is 2.21. The number of aromatic nitrogens is 4. The maximum absolute atomic E-state index is 12.5. The molecule has 0 bridgehead atoms. The number of benzene rings is 1. The van der Waals surface area contributed by atoms with E-state index in [-0.39, 0.29) is 5.91 Å². The van der Waals surface area contributed by atoms with Crippen LogP contribution in [-0.2, 0) is 6.54 Å². The Morgan fingerprint density at radius 2 is 1.89 bits per heavy atom. The summed E-state index contributed by atoms with van der Waals surface area (Å²) in [7, 11) is 0. The van der Waals surface area contributed by atoms with E-state index >= 15 is 0 Å². The topological polar surface area (TPSA) is 92.7 Å². The Labute approximate surface area is 161 Å². The van der Waals surface area contributed by atoms with Gasteiger partial charge in [-0.1, -0.05) is 24.3 Å². The van der Waals surface area contributed by atoms with Gasteiger partial charge in [0.1, 0.15) is 5.69 Å². The number of nitrogens with zero attached hydrogens (tertiary/aromatic N) is 4. The maximum atomic E-state index is 12.5. The molecule has 0 radical (unpaired) electrons. The van der Waals surface area contributed by atoms with Crippen molar-refractivity contribution in [2.24, 2.45) is 0 Å². The summed E-state index contributed by atoms with van der Waals surface area (Å²) in [6, 6.07) is 15.1. The summed E-state index contributed by atoms with van der Waals surface area (Å²) in [5.41, 5.74) is 3.51. The zero-order chi connectivity index (χ0) is 19.3. The first-order valence-corrected chi connectivity index (χ1v) is 8.82. The minimum atomic E-state index is -0.270. The molecule has 1 aromatic carbocycles. The second kappa shape index (κ2) is 7.79. The minimum Gasteiger partial charge on any atom is -0.347 e. The van der Waals surface area contributed by atoms with Gasteiger partial charge in [-0.3, -0.25) is 14.8 Å². The van der Waals surface area contributed by atoms with Gasteiger partial charge in [0.05, 0.1) is 11.2 Å². The summed E-state index contributed by atoms with van der Waals surface area (Å²) in [5.74, 6) is 0.0816. The van der Waals surface area contributed by atoms with Gasteiger partial charge in [0.2, 0.25) is 5.95 Å². The first kappa shape index (κ1) is 17.5. The molecular formula is C21H18N6O. The average Bonchev–Trinajstić information content (AvgIpc) is 2.72. The molecule has 28 heavy (non-hydrogen) atoms. The molecule has 7 nitrogen and oxygen atoms in total. The normalized spacial score (nSPS) is 10.6. The molecule has 0 saturated carbocycles. The van der Waals surface area contributed by atoms with E-state index in [9.17, 15) is 4.79 Å².